The smallest absolute Gasteiger partial charge is 0.417 e. The quantitative estimate of drug-likeness (QED) is 0.112. The highest BCUT2D eigenvalue weighted by atomic mass is 19.4. The molecule has 0 amide bonds. The van der Waals surface area contributed by atoms with E-state index in [1.54, 1.807) is 55.5 Å². The number of methoxy groups -OCH3 is 1. The minimum Gasteiger partial charge on any atom is -0.496 e. The predicted molar refractivity (Wildman–Crippen MR) is 197 cm³/mol. The van der Waals surface area contributed by atoms with Gasteiger partial charge in [0.15, 0.2) is 5.58 Å². The molecule has 0 radical (unpaired) electrons. The van der Waals surface area contributed by atoms with Crippen molar-refractivity contribution in [2.24, 2.45) is 5.92 Å². The maximum absolute atomic E-state index is 16.4. The van der Waals surface area contributed by atoms with Gasteiger partial charge in [-0.3, -0.25) is 14.6 Å². The molecule has 2 aliphatic rings. The zero-order chi connectivity index (χ0) is 38.1. The predicted octanol–water partition coefficient (Wildman–Crippen LogP) is 9.18. The number of aliphatic carboxylic acids is 1. The number of alkyl halides is 3. The van der Waals surface area contributed by atoms with Crippen molar-refractivity contribution in [1.29, 1.82) is 5.26 Å². The normalized spacial score (nSPS) is 16.8. The van der Waals surface area contributed by atoms with Gasteiger partial charge >= 0.3 is 12.1 Å². The fourth-order valence-electron chi connectivity index (χ4n) is 7.55. The van der Waals surface area contributed by atoms with Gasteiger partial charge in [0, 0.05) is 30.8 Å². The van der Waals surface area contributed by atoms with Crippen molar-refractivity contribution < 1.29 is 36.6 Å². The third-order valence-corrected chi connectivity index (χ3v) is 10.4. The third kappa shape index (κ3) is 7.47. The Morgan fingerprint density at radius 1 is 1.00 bits per heavy atom. The molecule has 0 spiro atoms. The molecule has 1 atom stereocenters. The van der Waals surface area contributed by atoms with E-state index in [2.05, 4.69) is 16.0 Å². The number of carboxylic acid groups (broad SMARTS) is 1. The van der Waals surface area contributed by atoms with Gasteiger partial charge in [-0.1, -0.05) is 42.5 Å². The van der Waals surface area contributed by atoms with E-state index >= 15 is 4.39 Å². The molecule has 8 nitrogen and oxygen atoms in total. The van der Waals surface area contributed by atoms with Gasteiger partial charge < -0.3 is 14.3 Å². The molecule has 2 saturated heterocycles. The first kappa shape index (κ1) is 36.8. The van der Waals surface area contributed by atoms with Crippen molar-refractivity contribution in [3.05, 3.63) is 105 Å². The van der Waals surface area contributed by atoms with Gasteiger partial charge in [-0.15, -0.1) is 0 Å². The number of halogens is 4. The Kier molecular flexibility index (Phi) is 10.3. The van der Waals surface area contributed by atoms with Gasteiger partial charge in [-0.2, -0.15) is 18.4 Å². The number of nitriles is 1. The number of rotatable bonds is 10. The number of oxazole rings is 1. The summed E-state index contributed by atoms with van der Waals surface area (Å²) in [6.45, 7) is 5.28. The first-order chi connectivity index (χ1) is 25.9. The molecular formula is C42H38F4N4O4. The maximum atomic E-state index is 16.4. The largest absolute Gasteiger partial charge is 0.496 e. The molecule has 7 rings (SSSR count). The van der Waals surface area contributed by atoms with Crippen LogP contribution in [0.4, 0.5) is 17.6 Å². The number of ether oxygens (including phenoxy) is 1. The third-order valence-electron chi connectivity index (χ3n) is 10.4. The summed E-state index contributed by atoms with van der Waals surface area (Å²) in [5.74, 6) is -1.51. The van der Waals surface area contributed by atoms with Gasteiger partial charge in [0.25, 0.3) is 0 Å². The molecule has 3 heterocycles. The SMILES string of the molecule is COc1cc(/C=C/c2cccc(-c3cccc(-c4nc5cc(CN6CC[C@@H](C(=O)O)C6)cc(C#N)c5o4)c3F)c2C)c(C(F)(F)F)cc1CN1CCCC1. The number of fused-ring (bicyclic) bond motifs is 1. The average Bonchev–Trinajstić information content (AvgIpc) is 3.93. The molecule has 0 aliphatic carbocycles. The van der Waals surface area contributed by atoms with Crippen LogP contribution in [0.2, 0.25) is 0 Å². The van der Waals surface area contributed by atoms with E-state index in [-0.39, 0.29) is 33.7 Å². The summed E-state index contributed by atoms with van der Waals surface area (Å²) < 4.78 is 71.0. The molecule has 1 aromatic heterocycles. The summed E-state index contributed by atoms with van der Waals surface area (Å²) in [5, 5.41) is 19.3. The van der Waals surface area contributed by atoms with E-state index < -0.39 is 29.4 Å². The molecule has 278 valence electrons. The molecule has 4 aromatic carbocycles. The van der Waals surface area contributed by atoms with E-state index in [4.69, 9.17) is 9.15 Å². The van der Waals surface area contributed by atoms with Gasteiger partial charge in [0.1, 0.15) is 23.2 Å². The number of nitrogens with zero attached hydrogens (tertiary/aromatic N) is 4. The maximum Gasteiger partial charge on any atom is 0.417 e. The lowest BCUT2D eigenvalue weighted by molar-refractivity contribution is -0.141. The summed E-state index contributed by atoms with van der Waals surface area (Å²) in [6, 6.07) is 18.2. The highest BCUT2D eigenvalue weighted by molar-refractivity contribution is 5.84. The highest BCUT2D eigenvalue weighted by Crippen LogP contribution is 2.39. The number of hydrogen-bond acceptors (Lipinski definition) is 7. The van der Waals surface area contributed by atoms with Crippen LogP contribution in [0.1, 0.15) is 58.2 Å². The van der Waals surface area contributed by atoms with Gasteiger partial charge in [0.2, 0.25) is 5.89 Å². The lowest BCUT2D eigenvalue weighted by atomic mass is 9.94. The number of aromatic nitrogens is 1. The minimum atomic E-state index is -4.59. The lowest BCUT2D eigenvalue weighted by Crippen LogP contribution is -2.22. The monoisotopic (exact) mass is 738 g/mol. The van der Waals surface area contributed by atoms with E-state index in [9.17, 15) is 28.3 Å². The Morgan fingerprint density at radius 2 is 1.72 bits per heavy atom. The Bertz CT molecular complexity index is 2300. The lowest BCUT2D eigenvalue weighted by Gasteiger charge is -2.20. The number of hydrogen-bond donors (Lipinski definition) is 1. The number of carboxylic acids is 1. The molecule has 0 bridgehead atoms. The Balaban J connectivity index is 1.19. The van der Waals surface area contributed by atoms with Crippen LogP contribution in [-0.4, -0.2) is 59.1 Å². The van der Waals surface area contributed by atoms with Crippen LogP contribution in [0.3, 0.4) is 0 Å². The Morgan fingerprint density at radius 3 is 2.43 bits per heavy atom. The van der Waals surface area contributed by atoms with Crippen LogP contribution in [0, 0.1) is 30.0 Å². The molecule has 0 saturated carbocycles. The second-order valence-electron chi connectivity index (χ2n) is 13.9. The summed E-state index contributed by atoms with van der Waals surface area (Å²) in [4.78, 5) is 20.1. The van der Waals surface area contributed by atoms with E-state index in [1.807, 2.05) is 4.90 Å². The van der Waals surface area contributed by atoms with Crippen LogP contribution >= 0.6 is 0 Å². The topological polar surface area (TPSA) is 103 Å². The zero-order valence-corrected chi connectivity index (χ0v) is 29.8. The summed E-state index contributed by atoms with van der Waals surface area (Å²) in [5.41, 5.74) is 3.39. The standard InChI is InChI=1S/C42H38F4N4O4/c1-25-27(11-12-28-20-37(53-2)31(19-35(28)42(44,45)46)24-49-14-3-4-15-49)7-5-8-32(25)33-9-6-10-34(38(33)43)40-48-36-18-26(17-30(21-47)39(36)54-40)22-50-16-13-29(23-50)41(51)52/h5-12,17-20,29H,3-4,13-16,22-24H2,1-2H3,(H,51,52)/b12-11+/t29-/m1/s1. The molecule has 0 unspecified atom stereocenters. The molecule has 12 heteroatoms. The van der Waals surface area contributed by atoms with Crippen LogP contribution in [-0.2, 0) is 24.1 Å². The van der Waals surface area contributed by atoms with Crippen molar-refractivity contribution in [1.82, 2.24) is 14.8 Å². The first-order valence-corrected chi connectivity index (χ1v) is 17.8. The average molecular weight is 739 g/mol. The fourth-order valence-corrected chi connectivity index (χ4v) is 7.55. The van der Waals surface area contributed by atoms with Crippen molar-refractivity contribution in [3.8, 4) is 34.4 Å². The molecular weight excluding hydrogens is 700 g/mol. The van der Waals surface area contributed by atoms with E-state index in [1.165, 1.54) is 31.4 Å². The van der Waals surface area contributed by atoms with Crippen molar-refractivity contribution in [3.63, 3.8) is 0 Å². The summed E-state index contributed by atoms with van der Waals surface area (Å²) in [7, 11) is 1.45. The zero-order valence-electron chi connectivity index (χ0n) is 29.8. The number of benzene rings is 4. The Hall–Kier alpha value is -5.51. The molecule has 2 aliphatic heterocycles. The minimum absolute atomic E-state index is 0.0133. The van der Waals surface area contributed by atoms with Crippen LogP contribution < -0.4 is 4.74 Å². The van der Waals surface area contributed by atoms with Crippen LogP contribution in [0.15, 0.2) is 65.1 Å². The fraction of sp³-hybridized carbons (Fsp3) is 0.310. The van der Waals surface area contributed by atoms with E-state index in [0.29, 0.717) is 66.1 Å². The molecule has 5 aromatic rings. The van der Waals surface area contributed by atoms with E-state index in [0.717, 1.165) is 31.5 Å². The highest BCUT2D eigenvalue weighted by Gasteiger charge is 2.34. The van der Waals surface area contributed by atoms with Gasteiger partial charge in [-0.25, -0.2) is 9.37 Å². The second kappa shape index (κ2) is 15.1. The Labute approximate surface area is 309 Å². The van der Waals surface area contributed by atoms with Crippen LogP contribution in [0.25, 0.3) is 45.8 Å². The molecule has 54 heavy (non-hydrogen) atoms. The molecule has 1 N–H and O–H groups in total. The molecule has 2 fully saturated rings. The number of likely N-dealkylation sites (tertiary alicyclic amines) is 2. The first-order valence-electron chi connectivity index (χ1n) is 17.8. The van der Waals surface area contributed by atoms with Gasteiger partial charge in [0.05, 0.1) is 29.7 Å². The summed E-state index contributed by atoms with van der Waals surface area (Å²) in [6.07, 6.45) is 0.996. The van der Waals surface area contributed by atoms with Crippen molar-refractivity contribution in [2.45, 2.75) is 45.5 Å². The van der Waals surface area contributed by atoms with Crippen LogP contribution in [0.5, 0.6) is 5.75 Å². The summed E-state index contributed by atoms with van der Waals surface area (Å²) >= 11 is 0. The second-order valence-corrected chi connectivity index (χ2v) is 13.9. The van der Waals surface area contributed by atoms with Crippen molar-refractivity contribution in [2.75, 3.05) is 33.3 Å². The number of carbonyl (C=O) groups is 1. The van der Waals surface area contributed by atoms with Gasteiger partial charge in [-0.05, 0) is 104 Å². The van der Waals surface area contributed by atoms with Crippen molar-refractivity contribution >= 4 is 29.2 Å².